The molecule has 0 saturated carbocycles. The number of nitrogens with two attached hydrogens (primary N) is 1. The topological polar surface area (TPSA) is 73.6 Å². The molecule has 0 aliphatic carbocycles. The van der Waals surface area contributed by atoms with Gasteiger partial charge < -0.3 is 20.5 Å². The van der Waals surface area contributed by atoms with Gasteiger partial charge in [0.1, 0.15) is 11.5 Å². The summed E-state index contributed by atoms with van der Waals surface area (Å²) in [6.45, 7) is 3.94. The van der Waals surface area contributed by atoms with Gasteiger partial charge in [0.2, 0.25) is 0 Å². The van der Waals surface area contributed by atoms with Gasteiger partial charge in [0.05, 0.1) is 12.8 Å². The van der Waals surface area contributed by atoms with Crippen molar-refractivity contribution in [3.63, 3.8) is 0 Å². The second-order valence-electron chi connectivity index (χ2n) is 5.04. The van der Waals surface area contributed by atoms with Crippen LogP contribution in [0.1, 0.15) is 11.1 Å². The van der Waals surface area contributed by atoms with Gasteiger partial charge in [-0.3, -0.25) is 4.79 Å². The van der Waals surface area contributed by atoms with Gasteiger partial charge in [-0.05, 0) is 55.3 Å². The summed E-state index contributed by atoms with van der Waals surface area (Å²) in [5.41, 5.74) is 9.09. The number of rotatable bonds is 5. The van der Waals surface area contributed by atoms with Crippen molar-refractivity contribution >= 4 is 17.3 Å². The van der Waals surface area contributed by atoms with E-state index in [1.165, 1.54) is 12.7 Å². The zero-order valence-corrected chi connectivity index (χ0v) is 13.0. The molecule has 0 aliphatic heterocycles. The summed E-state index contributed by atoms with van der Waals surface area (Å²) in [5, 5.41) is 2.73. The predicted molar refractivity (Wildman–Crippen MR) is 87.4 cm³/mol. The molecule has 0 heterocycles. The van der Waals surface area contributed by atoms with Gasteiger partial charge in [-0.15, -0.1) is 0 Å². The Morgan fingerprint density at radius 2 is 1.91 bits per heavy atom. The quantitative estimate of drug-likeness (QED) is 0.833. The Bertz CT molecular complexity index is 684. The Morgan fingerprint density at radius 3 is 2.59 bits per heavy atom. The molecule has 116 valence electrons. The zero-order chi connectivity index (χ0) is 16.1. The maximum atomic E-state index is 12.0. The molecule has 0 atom stereocenters. The van der Waals surface area contributed by atoms with Crippen molar-refractivity contribution < 1.29 is 14.3 Å². The molecule has 0 spiro atoms. The average Bonchev–Trinajstić information content (AvgIpc) is 2.49. The Kier molecular flexibility index (Phi) is 4.88. The van der Waals surface area contributed by atoms with Crippen LogP contribution in [0.25, 0.3) is 0 Å². The Morgan fingerprint density at radius 1 is 1.14 bits per heavy atom. The van der Waals surface area contributed by atoms with Gasteiger partial charge in [0, 0.05) is 5.69 Å². The minimum absolute atomic E-state index is 0.0829. The van der Waals surface area contributed by atoms with E-state index in [0.29, 0.717) is 22.9 Å². The number of hydrogen-bond acceptors (Lipinski definition) is 4. The van der Waals surface area contributed by atoms with Crippen LogP contribution in [0.3, 0.4) is 0 Å². The van der Waals surface area contributed by atoms with Crippen molar-refractivity contribution in [3.8, 4) is 11.5 Å². The van der Waals surface area contributed by atoms with Crippen LogP contribution in [0.5, 0.6) is 11.5 Å². The molecule has 2 aromatic carbocycles. The van der Waals surface area contributed by atoms with E-state index in [0.717, 1.165) is 5.56 Å². The van der Waals surface area contributed by atoms with Gasteiger partial charge in [-0.25, -0.2) is 0 Å². The lowest BCUT2D eigenvalue weighted by molar-refractivity contribution is -0.118. The molecule has 0 fully saturated rings. The summed E-state index contributed by atoms with van der Waals surface area (Å²) >= 11 is 0. The maximum absolute atomic E-state index is 12.0. The normalized spacial score (nSPS) is 10.1. The highest BCUT2D eigenvalue weighted by atomic mass is 16.5. The first-order chi connectivity index (χ1) is 10.5. The highest BCUT2D eigenvalue weighted by Crippen LogP contribution is 2.26. The van der Waals surface area contributed by atoms with Crippen LogP contribution in [0, 0.1) is 13.8 Å². The lowest BCUT2D eigenvalue weighted by Crippen LogP contribution is -2.20. The smallest absolute Gasteiger partial charge is 0.262 e. The molecule has 5 nitrogen and oxygen atoms in total. The van der Waals surface area contributed by atoms with Crippen LogP contribution >= 0.6 is 0 Å². The third kappa shape index (κ3) is 3.91. The van der Waals surface area contributed by atoms with E-state index in [1.54, 1.807) is 18.2 Å². The molecule has 0 aromatic heterocycles. The van der Waals surface area contributed by atoms with E-state index in [9.17, 15) is 4.79 Å². The molecule has 1 amide bonds. The summed E-state index contributed by atoms with van der Waals surface area (Å²) < 4.78 is 10.7. The lowest BCUT2D eigenvalue weighted by atomic mass is 10.1. The molecule has 2 aromatic rings. The largest absolute Gasteiger partial charge is 0.495 e. The number of nitrogen functional groups attached to an aromatic ring is 1. The van der Waals surface area contributed by atoms with Crippen LogP contribution in [-0.2, 0) is 4.79 Å². The fourth-order valence-electron chi connectivity index (χ4n) is 1.96. The number of amides is 1. The van der Waals surface area contributed by atoms with E-state index >= 15 is 0 Å². The number of carbonyl (C=O) groups is 1. The Balaban J connectivity index is 1.98. The Hall–Kier alpha value is -2.69. The van der Waals surface area contributed by atoms with E-state index in [1.807, 2.05) is 32.0 Å². The highest BCUT2D eigenvalue weighted by molar-refractivity contribution is 5.93. The van der Waals surface area contributed by atoms with E-state index in [-0.39, 0.29) is 12.5 Å². The number of aryl methyl sites for hydroxylation is 2. The summed E-state index contributed by atoms with van der Waals surface area (Å²) in [7, 11) is 1.53. The fraction of sp³-hybridized carbons (Fsp3) is 0.235. The van der Waals surface area contributed by atoms with Gasteiger partial charge >= 0.3 is 0 Å². The molecule has 0 bridgehead atoms. The summed E-state index contributed by atoms with van der Waals surface area (Å²) in [6, 6.07) is 10.8. The van der Waals surface area contributed by atoms with Crippen LogP contribution in [0.4, 0.5) is 11.4 Å². The molecule has 0 aliphatic rings. The van der Waals surface area contributed by atoms with E-state index in [2.05, 4.69) is 5.32 Å². The van der Waals surface area contributed by atoms with Crippen molar-refractivity contribution in [1.29, 1.82) is 0 Å². The predicted octanol–water partition coefficient (Wildman–Crippen LogP) is 2.91. The number of methoxy groups -OCH3 is 1. The van der Waals surface area contributed by atoms with Gasteiger partial charge in [0.25, 0.3) is 5.91 Å². The Labute approximate surface area is 130 Å². The SMILES string of the molecule is COc1ccc(N)cc1NC(=O)COc1ccc(C)c(C)c1. The molecule has 0 unspecified atom stereocenters. The van der Waals surface area contributed by atoms with Crippen LogP contribution < -0.4 is 20.5 Å². The summed E-state index contributed by atoms with van der Waals surface area (Å²) in [6.07, 6.45) is 0. The molecular formula is C17H20N2O3. The van der Waals surface area contributed by atoms with Gasteiger partial charge in [-0.1, -0.05) is 6.07 Å². The van der Waals surface area contributed by atoms with Crippen LogP contribution in [0.2, 0.25) is 0 Å². The number of hydrogen-bond donors (Lipinski definition) is 2. The molecule has 3 N–H and O–H groups in total. The van der Waals surface area contributed by atoms with Crippen molar-refractivity contribution in [3.05, 3.63) is 47.5 Å². The third-order valence-electron chi connectivity index (χ3n) is 3.35. The molecule has 5 heteroatoms. The standard InChI is InChI=1S/C17H20N2O3/c1-11-4-6-14(8-12(11)2)22-10-17(20)19-15-9-13(18)5-7-16(15)21-3/h4-9H,10,18H2,1-3H3,(H,19,20). The summed E-state index contributed by atoms with van der Waals surface area (Å²) in [4.78, 5) is 12.0. The first-order valence-electron chi connectivity index (χ1n) is 6.93. The monoisotopic (exact) mass is 300 g/mol. The molecule has 0 saturated heterocycles. The maximum Gasteiger partial charge on any atom is 0.262 e. The molecule has 22 heavy (non-hydrogen) atoms. The van der Waals surface area contributed by atoms with Crippen molar-refractivity contribution in [2.24, 2.45) is 0 Å². The van der Waals surface area contributed by atoms with Crippen LogP contribution in [0.15, 0.2) is 36.4 Å². The number of anilines is 2. The number of ether oxygens (including phenoxy) is 2. The minimum Gasteiger partial charge on any atom is -0.495 e. The van der Waals surface area contributed by atoms with E-state index in [4.69, 9.17) is 15.2 Å². The number of benzene rings is 2. The number of nitrogens with one attached hydrogen (secondary N) is 1. The third-order valence-corrected chi connectivity index (χ3v) is 3.35. The van der Waals surface area contributed by atoms with Crippen molar-refractivity contribution in [2.75, 3.05) is 24.8 Å². The second-order valence-corrected chi connectivity index (χ2v) is 5.04. The first-order valence-corrected chi connectivity index (χ1v) is 6.93. The minimum atomic E-state index is -0.276. The molecule has 0 radical (unpaired) electrons. The van der Waals surface area contributed by atoms with Crippen molar-refractivity contribution in [1.82, 2.24) is 0 Å². The fourth-order valence-corrected chi connectivity index (χ4v) is 1.96. The second kappa shape index (κ2) is 6.85. The average molecular weight is 300 g/mol. The lowest BCUT2D eigenvalue weighted by Gasteiger charge is -2.12. The van der Waals surface area contributed by atoms with E-state index < -0.39 is 0 Å². The van der Waals surface area contributed by atoms with Crippen molar-refractivity contribution in [2.45, 2.75) is 13.8 Å². The molecule has 2 rings (SSSR count). The highest BCUT2D eigenvalue weighted by Gasteiger charge is 2.09. The van der Waals surface area contributed by atoms with Gasteiger partial charge in [-0.2, -0.15) is 0 Å². The first kappa shape index (κ1) is 15.7. The van der Waals surface area contributed by atoms with Gasteiger partial charge in [0.15, 0.2) is 6.61 Å². The van der Waals surface area contributed by atoms with Crippen LogP contribution in [-0.4, -0.2) is 19.6 Å². The molecular weight excluding hydrogens is 280 g/mol. The zero-order valence-electron chi connectivity index (χ0n) is 13.0. The number of carbonyl (C=O) groups excluding carboxylic acids is 1. The summed E-state index contributed by atoms with van der Waals surface area (Å²) in [5.74, 6) is 0.939.